The number of carbonyl (C=O) groups is 1. The van der Waals surface area contributed by atoms with Crippen LogP contribution in [0.4, 0.5) is 17.6 Å². The van der Waals surface area contributed by atoms with E-state index in [9.17, 15) is 18.0 Å². The quantitative estimate of drug-likeness (QED) is 0.138. The van der Waals surface area contributed by atoms with Crippen LogP contribution in [-0.2, 0) is 36.9 Å². The zero-order valence-corrected chi connectivity index (χ0v) is 30.9. The topological polar surface area (TPSA) is 95.5 Å². The van der Waals surface area contributed by atoms with Gasteiger partial charge in [-0.15, -0.1) is 0 Å². The third-order valence-electron chi connectivity index (χ3n) is 10.3. The smallest absolute Gasteiger partial charge is 0.416 e. The van der Waals surface area contributed by atoms with Crippen molar-refractivity contribution in [1.82, 2.24) is 39.4 Å². The lowest BCUT2D eigenvalue weighted by Crippen LogP contribution is -2.45. The lowest BCUT2D eigenvalue weighted by molar-refractivity contribution is -0.139. The number of hydrogen-bond donors (Lipinski definition) is 0. The molecule has 5 aromatic rings. The summed E-state index contributed by atoms with van der Waals surface area (Å²) >= 11 is 0. The molecule has 0 aliphatic carbocycles. The van der Waals surface area contributed by atoms with Crippen molar-refractivity contribution in [1.29, 1.82) is 0 Å². The number of nitrogens with zero attached hydrogens (tertiary/aromatic N) is 8. The molecule has 7 rings (SSSR count). The first kappa shape index (κ1) is 37.5. The summed E-state index contributed by atoms with van der Waals surface area (Å²) in [5, 5.41) is 8.21. The van der Waals surface area contributed by atoms with Crippen molar-refractivity contribution < 1.29 is 31.6 Å². The number of carbonyl (C=O) groups excluding carboxylic acids is 1. The molecule has 0 N–H and O–H groups in total. The Kier molecular flexibility index (Phi) is 10.7. The van der Waals surface area contributed by atoms with Crippen molar-refractivity contribution in [3.63, 3.8) is 0 Å². The van der Waals surface area contributed by atoms with Crippen LogP contribution in [0.3, 0.4) is 0 Å². The number of alkyl halides is 3. The standard InChI is InChI=1S/C39H44F4N8O3/c1-5-33-30-20-29(53-37-32(40)21-44-51-23-28(19-34(37)51)38-45-35(54-46-38)24-47(3)4)10-9-26(30)11-12-50(33)36(52)18-25-7-8-27(31(17-25)39(41,42)43)22-49-15-13-48(6-2)14-16-49/h7-10,17,19-21,23,33H,5-6,11-16,18,22,24H2,1-4H3. The number of benzene rings is 2. The predicted molar refractivity (Wildman–Crippen MR) is 193 cm³/mol. The molecule has 0 bridgehead atoms. The van der Waals surface area contributed by atoms with E-state index >= 15 is 4.39 Å². The number of likely N-dealkylation sites (N-methyl/N-ethyl adjacent to an activating group) is 1. The molecule has 0 spiro atoms. The van der Waals surface area contributed by atoms with Gasteiger partial charge < -0.3 is 24.0 Å². The SMILES string of the molecule is CCC1c2cc(Oc3c(F)cnn4cc(-c5noc(CN(C)C)n5)cc34)ccc2CCN1C(=O)Cc1ccc(CN2CCN(CC)CC2)c(C(F)(F)F)c1. The molecule has 3 aromatic heterocycles. The molecule has 286 valence electrons. The normalized spacial score (nSPS) is 17.1. The Morgan fingerprint density at radius 2 is 1.80 bits per heavy atom. The van der Waals surface area contributed by atoms with Crippen LogP contribution in [0.15, 0.2) is 59.4 Å². The summed E-state index contributed by atoms with van der Waals surface area (Å²) in [6.07, 6.45) is -0.846. The van der Waals surface area contributed by atoms with Gasteiger partial charge in [0.15, 0.2) is 11.6 Å². The molecule has 11 nitrogen and oxygen atoms in total. The second-order valence-electron chi connectivity index (χ2n) is 14.2. The van der Waals surface area contributed by atoms with Gasteiger partial charge in [-0.05, 0) is 80.0 Å². The van der Waals surface area contributed by atoms with Crippen LogP contribution < -0.4 is 4.74 Å². The second-order valence-corrected chi connectivity index (χ2v) is 14.2. The Bertz CT molecular complexity index is 2120. The Morgan fingerprint density at radius 1 is 1.02 bits per heavy atom. The Balaban J connectivity index is 1.09. The minimum atomic E-state index is -4.54. The minimum Gasteiger partial charge on any atom is -0.452 e. The minimum absolute atomic E-state index is 0.0443. The molecule has 2 aromatic carbocycles. The molecule has 1 fully saturated rings. The van der Waals surface area contributed by atoms with E-state index in [1.807, 2.05) is 38.1 Å². The van der Waals surface area contributed by atoms with Gasteiger partial charge in [-0.25, -0.2) is 8.91 Å². The van der Waals surface area contributed by atoms with Crippen molar-refractivity contribution in [2.24, 2.45) is 0 Å². The van der Waals surface area contributed by atoms with Crippen LogP contribution in [0, 0.1) is 5.82 Å². The maximum Gasteiger partial charge on any atom is 0.416 e. The monoisotopic (exact) mass is 748 g/mol. The number of amides is 1. The Morgan fingerprint density at radius 3 is 2.52 bits per heavy atom. The molecule has 1 atom stereocenters. The van der Waals surface area contributed by atoms with E-state index in [-0.39, 0.29) is 36.2 Å². The van der Waals surface area contributed by atoms with E-state index in [0.29, 0.717) is 73.1 Å². The molecule has 0 saturated carbocycles. The highest BCUT2D eigenvalue weighted by Crippen LogP contribution is 2.39. The summed E-state index contributed by atoms with van der Waals surface area (Å²) in [5.74, 6) is 0.165. The molecule has 5 heterocycles. The number of halogens is 4. The van der Waals surface area contributed by atoms with Gasteiger partial charge in [-0.1, -0.05) is 37.2 Å². The fraction of sp³-hybridized carbons (Fsp3) is 0.436. The van der Waals surface area contributed by atoms with E-state index in [1.54, 1.807) is 29.3 Å². The summed E-state index contributed by atoms with van der Waals surface area (Å²) in [5.41, 5.74) is 2.65. The van der Waals surface area contributed by atoms with E-state index in [1.165, 1.54) is 10.6 Å². The van der Waals surface area contributed by atoms with Crippen LogP contribution >= 0.6 is 0 Å². The molecule has 1 saturated heterocycles. The molecule has 0 radical (unpaired) electrons. The van der Waals surface area contributed by atoms with Gasteiger partial charge in [0, 0.05) is 51.0 Å². The Hall–Kier alpha value is -4.86. The summed E-state index contributed by atoms with van der Waals surface area (Å²) < 4.78 is 71.3. The van der Waals surface area contributed by atoms with Crippen LogP contribution in [0.25, 0.3) is 16.9 Å². The van der Waals surface area contributed by atoms with Crippen LogP contribution in [0.5, 0.6) is 11.5 Å². The highest BCUT2D eigenvalue weighted by molar-refractivity contribution is 5.80. The number of hydrogen-bond acceptors (Lipinski definition) is 9. The zero-order chi connectivity index (χ0) is 38.1. The highest BCUT2D eigenvalue weighted by Gasteiger charge is 2.35. The van der Waals surface area contributed by atoms with Crippen LogP contribution in [0.2, 0.25) is 0 Å². The van der Waals surface area contributed by atoms with E-state index in [4.69, 9.17) is 9.26 Å². The van der Waals surface area contributed by atoms with Gasteiger partial charge in [0.2, 0.25) is 17.6 Å². The summed E-state index contributed by atoms with van der Waals surface area (Å²) in [4.78, 5) is 26.2. The van der Waals surface area contributed by atoms with Crippen molar-refractivity contribution >= 4 is 11.4 Å². The van der Waals surface area contributed by atoms with Gasteiger partial charge in [0.25, 0.3) is 0 Å². The average molecular weight is 749 g/mol. The second kappa shape index (κ2) is 15.5. The lowest BCUT2D eigenvalue weighted by atomic mass is 9.90. The van der Waals surface area contributed by atoms with Crippen molar-refractivity contribution in [2.45, 2.75) is 58.4 Å². The third kappa shape index (κ3) is 7.98. The number of aromatic nitrogens is 4. The molecule has 54 heavy (non-hydrogen) atoms. The van der Waals surface area contributed by atoms with E-state index < -0.39 is 17.6 Å². The van der Waals surface area contributed by atoms with E-state index in [2.05, 4.69) is 32.0 Å². The molecule has 15 heteroatoms. The summed E-state index contributed by atoms with van der Waals surface area (Å²) in [6, 6.07) is 11.1. The maximum absolute atomic E-state index is 15.3. The molecule has 1 amide bonds. The molecule has 2 aliphatic rings. The molecular weight excluding hydrogens is 704 g/mol. The fourth-order valence-electron chi connectivity index (χ4n) is 7.45. The molecule has 2 aliphatic heterocycles. The molecule has 1 unspecified atom stereocenters. The lowest BCUT2D eigenvalue weighted by Gasteiger charge is -2.37. The van der Waals surface area contributed by atoms with Crippen molar-refractivity contribution in [3.05, 3.63) is 94.4 Å². The van der Waals surface area contributed by atoms with Crippen molar-refractivity contribution in [2.75, 3.05) is 53.4 Å². The number of rotatable bonds is 11. The summed E-state index contributed by atoms with van der Waals surface area (Å²) in [6.45, 7) is 9.15. The first-order valence-corrected chi connectivity index (χ1v) is 18.3. The van der Waals surface area contributed by atoms with Gasteiger partial charge in [0.1, 0.15) is 11.3 Å². The zero-order valence-electron chi connectivity index (χ0n) is 30.9. The molecular formula is C39H44F4N8O3. The number of piperazine rings is 1. The van der Waals surface area contributed by atoms with E-state index in [0.717, 1.165) is 43.0 Å². The van der Waals surface area contributed by atoms with Gasteiger partial charge in [-0.2, -0.15) is 23.3 Å². The number of ether oxygens (including phenoxy) is 1. The van der Waals surface area contributed by atoms with Gasteiger partial charge in [-0.3, -0.25) is 9.69 Å². The Labute approximate surface area is 311 Å². The highest BCUT2D eigenvalue weighted by atomic mass is 19.4. The number of fused-ring (bicyclic) bond motifs is 2. The predicted octanol–water partition coefficient (Wildman–Crippen LogP) is 6.61. The van der Waals surface area contributed by atoms with Gasteiger partial charge >= 0.3 is 6.18 Å². The maximum atomic E-state index is 15.3. The average Bonchev–Trinajstić information content (AvgIpc) is 3.80. The fourth-order valence-corrected chi connectivity index (χ4v) is 7.45. The van der Waals surface area contributed by atoms with Gasteiger partial charge in [0.05, 0.1) is 30.8 Å². The first-order valence-electron chi connectivity index (χ1n) is 18.3. The van der Waals surface area contributed by atoms with Crippen molar-refractivity contribution in [3.8, 4) is 22.9 Å². The summed E-state index contributed by atoms with van der Waals surface area (Å²) in [7, 11) is 3.77. The largest absolute Gasteiger partial charge is 0.452 e. The third-order valence-corrected chi connectivity index (χ3v) is 10.3. The van der Waals surface area contributed by atoms with Crippen LogP contribution in [0.1, 0.15) is 60.0 Å². The first-order chi connectivity index (χ1) is 25.9. The van der Waals surface area contributed by atoms with Crippen LogP contribution in [-0.4, -0.2) is 98.6 Å².